The number of hydrogen-bond donors (Lipinski definition) is 2. The minimum absolute atomic E-state index is 0.0253. The summed E-state index contributed by atoms with van der Waals surface area (Å²) in [4.78, 5) is 42.9. The fraction of sp³-hybridized carbons (Fsp3) is 0.206. The van der Waals surface area contributed by atoms with Crippen molar-refractivity contribution in [1.82, 2.24) is 34.8 Å². The number of nitrogens with one attached hydrogen (secondary N) is 1. The van der Waals surface area contributed by atoms with Crippen LogP contribution in [-0.2, 0) is 17.1 Å². The van der Waals surface area contributed by atoms with Crippen molar-refractivity contribution in [2.75, 3.05) is 6.54 Å². The van der Waals surface area contributed by atoms with Crippen molar-refractivity contribution in [2.24, 2.45) is 0 Å². The molecule has 2 N–H and O–H groups in total. The van der Waals surface area contributed by atoms with Crippen LogP contribution < -0.4 is 5.32 Å². The lowest BCUT2D eigenvalue weighted by Gasteiger charge is -2.07. The second kappa shape index (κ2) is 15.5. The summed E-state index contributed by atoms with van der Waals surface area (Å²) in [5, 5.41) is 23.9. The van der Waals surface area contributed by atoms with E-state index in [1.54, 1.807) is 30.7 Å². The Balaban J connectivity index is 0.000000208. The molecule has 19 heteroatoms. The third-order valence-electron chi connectivity index (χ3n) is 7.58. The lowest BCUT2D eigenvalue weighted by molar-refractivity contribution is -0.138. The molecule has 0 aliphatic rings. The van der Waals surface area contributed by atoms with Crippen molar-refractivity contribution < 1.29 is 45.8 Å². The highest BCUT2D eigenvalue weighted by Crippen LogP contribution is 2.34. The van der Waals surface area contributed by atoms with Gasteiger partial charge in [0, 0.05) is 34.9 Å². The first-order valence-corrected chi connectivity index (χ1v) is 17.1. The highest BCUT2D eigenvalue weighted by Gasteiger charge is 2.31. The quantitative estimate of drug-likeness (QED) is 0.140. The Morgan fingerprint density at radius 3 is 1.62 bits per heavy atom. The number of thiazole rings is 2. The first kappa shape index (κ1) is 38.5. The summed E-state index contributed by atoms with van der Waals surface area (Å²) < 4.78 is 80.0. The number of ketones is 1. The van der Waals surface area contributed by atoms with E-state index in [-0.39, 0.29) is 30.2 Å². The van der Waals surface area contributed by atoms with Gasteiger partial charge < -0.3 is 10.4 Å². The Morgan fingerprint density at radius 1 is 0.755 bits per heavy atom. The van der Waals surface area contributed by atoms with Crippen LogP contribution >= 0.6 is 22.7 Å². The van der Waals surface area contributed by atoms with Crippen LogP contribution in [0.25, 0.3) is 32.8 Å². The normalized spacial score (nSPS) is 11.6. The fourth-order valence-corrected chi connectivity index (χ4v) is 6.46. The van der Waals surface area contributed by atoms with Gasteiger partial charge in [-0.25, -0.2) is 24.1 Å². The maximum Gasteiger partial charge on any atom is 0.416 e. The molecule has 0 aliphatic carbocycles. The van der Waals surface area contributed by atoms with Gasteiger partial charge in [-0.1, -0.05) is 24.3 Å². The minimum Gasteiger partial charge on any atom is -0.478 e. The van der Waals surface area contributed by atoms with Gasteiger partial charge in [0.05, 0.1) is 51.9 Å². The summed E-state index contributed by atoms with van der Waals surface area (Å²) in [7, 11) is 0. The summed E-state index contributed by atoms with van der Waals surface area (Å²) in [6.45, 7) is 4.95. The number of alkyl halides is 6. The van der Waals surface area contributed by atoms with Crippen LogP contribution in [0.3, 0.4) is 0 Å². The molecule has 0 bridgehead atoms. The zero-order chi connectivity index (χ0) is 38.7. The summed E-state index contributed by atoms with van der Waals surface area (Å²) in [5.41, 5.74) is 1.25. The average Bonchev–Trinajstić information content (AvgIpc) is 3.91. The van der Waals surface area contributed by atoms with Gasteiger partial charge in [-0.15, -0.1) is 22.7 Å². The third-order valence-corrected chi connectivity index (χ3v) is 9.21. The summed E-state index contributed by atoms with van der Waals surface area (Å²) in [6.07, 6.45) is -6.01. The smallest absolute Gasteiger partial charge is 0.416 e. The van der Waals surface area contributed by atoms with E-state index >= 15 is 0 Å². The SMILES string of the molecule is CC(=O)CCNC(=O)c1cnn(-c2nc(-c3cccc(C(F)(F)F)c3)cs2)c1C.Cc1c(C(=O)O)cnn1-c1nc(-c2cccc(C(F)(F)F)c2)cs1. The van der Waals surface area contributed by atoms with E-state index in [0.717, 1.165) is 24.3 Å². The molecule has 53 heavy (non-hydrogen) atoms. The molecule has 0 atom stereocenters. The number of rotatable bonds is 9. The van der Waals surface area contributed by atoms with Crippen LogP contribution in [0.1, 0.15) is 56.6 Å². The number of aromatic nitrogens is 6. The van der Waals surface area contributed by atoms with Crippen LogP contribution in [0.5, 0.6) is 0 Å². The molecule has 0 fully saturated rings. The molecule has 0 saturated carbocycles. The fourth-order valence-electron chi connectivity index (χ4n) is 4.78. The Hall–Kier alpha value is -5.69. The average molecular weight is 776 g/mol. The van der Waals surface area contributed by atoms with Gasteiger partial charge in [0.25, 0.3) is 5.91 Å². The molecule has 276 valence electrons. The van der Waals surface area contributed by atoms with Gasteiger partial charge in [-0.3, -0.25) is 9.59 Å². The number of aromatic carboxylic acids is 1. The number of carbonyl (C=O) groups excluding carboxylic acids is 2. The van der Waals surface area contributed by atoms with E-state index in [1.165, 1.54) is 69.6 Å². The molecule has 6 aromatic rings. The monoisotopic (exact) mass is 775 g/mol. The molecule has 0 spiro atoms. The number of carboxylic acids is 1. The molecular formula is C34H27F6N7O4S2. The number of hydrogen-bond acceptors (Lipinski definition) is 9. The highest BCUT2D eigenvalue weighted by molar-refractivity contribution is 7.12. The Morgan fingerprint density at radius 2 is 1.21 bits per heavy atom. The van der Waals surface area contributed by atoms with Crippen molar-refractivity contribution in [3.63, 3.8) is 0 Å². The predicted molar refractivity (Wildman–Crippen MR) is 183 cm³/mol. The largest absolute Gasteiger partial charge is 0.478 e. The van der Waals surface area contributed by atoms with Gasteiger partial charge in [-0.2, -0.15) is 36.5 Å². The molecule has 4 heterocycles. The molecule has 6 rings (SSSR count). The van der Waals surface area contributed by atoms with E-state index in [9.17, 15) is 40.7 Å². The summed E-state index contributed by atoms with van der Waals surface area (Å²) >= 11 is 2.37. The van der Waals surface area contributed by atoms with E-state index in [0.29, 0.717) is 49.7 Å². The van der Waals surface area contributed by atoms with E-state index < -0.39 is 29.4 Å². The third kappa shape index (κ3) is 9.04. The topological polar surface area (TPSA) is 145 Å². The van der Waals surface area contributed by atoms with Crippen LogP contribution in [-0.4, -0.2) is 58.8 Å². The van der Waals surface area contributed by atoms with Gasteiger partial charge in [0.15, 0.2) is 0 Å². The lowest BCUT2D eigenvalue weighted by atomic mass is 10.1. The zero-order valence-electron chi connectivity index (χ0n) is 27.8. The van der Waals surface area contributed by atoms with Gasteiger partial charge in [-0.05, 0) is 45.0 Å². The maximum atomic E-state index is 12.9. The first-order chi connectivity index (χ1) is 24.9. The summed E-state index contributed by atoms with van der Waals surface area (Å²) in [5.74, 6) is -1.49. The number of carbonyl (C=O) groups is 3. The summed E-state index contributed by atoms with van der Waals surface area (Å²) in [6, 6.07) is 9.81. The van der Waals surface area contributed by atoms with Crippen molar-refractivity contribution >= 4 is 40.3 Å². The van der Waals surface area contributed by atoms with Gasteiger partial charge >= 0.3 is 18.3 Å². The second-order valence-electron chi connectivity index (χ2n) is 11.3. The van der Waals surface area contributed by atoms with Crippen molar-refractivity contribution in [3.05, 3.63) is 105 Å². The lowest BCUT2D eigenvalue weighted by Crippen LogP contribution is -2.26. The van der Waals surface area contributed by atoms with E-state index in [1.807, 2.05) is 0 Å². The molecule has 0 saturated heterocycles. The van der Waals surface area contributed by atoms with Gasteiger partial charge in [0.2, 0.25) is 10.3 Å². The van der Waals surface area contributed by atoms with Crippen molar-refractivity contribution in [1.29, 1.82) is 0 Å². The molecule has 4 aromatic heterocycles. The number of amides is 1. The van der Waals surface area contributed by atoms with Crippen LogP contribution in [0, 0.1) is 13.8 Å². The molecule has 11 nitrogen and oxygen atoms in total. The van der Waals surface area contributed by atoms with Crippen molar-refractivity contribution in [2.45, 2.75) is 39.5 Å². The molecular weight excluding hydrogens is 749 g/mol. The van der Waals surface area contributed by atoms with Crippen LogP contribution in [0.4, 0.5) is 26.3 Å². The first-order valence-electron chi connectivity index (χ1n) is 15.3. The van der Waals surface area contributed by atoms with Crippen LogP contribution in [0.2, 0.25) is 0 Å². The standard InChI is InChI=1S/C19H17F3N4O2S.C15H10F3N3O2S/c1-11(27)6-7-23-17(28)15-9-24-26(12(15)2)18-25-16(10-29-18)13-4-3-5-14(8-13)19(20,21)22;1-8-11(13(22)23)6-19-21(8)14-20-12(7-24-14)9-3-2-4-10(5-9)15(16,17)18/h3-5,8-10H,6-7H2,1-2H3,(H,23,28);2-7H,1H3,(H,22,23). The minimum atomic E-state index is -4.43. The Kier molecular flexibility index (Phi) is 11.3. The zero-order valence-corrected chi connectivity index (χ0v) is 29.4. The maximum absolute atomic E-state index is 12.9. The van der Waals surface area contributed by atoms with E-state index in [4.69, 9.17) is 5.11 Å². The molecule has 2 aromatic carbocycles. The number of carboxylic acid groups (broad SMARTS) is 1. The number of nitrogens with zero attached hydrogens (tertiary/aromatic N) is 6. The predicted octanol–water partition coefficient (Wildman–Crippen LogP) is 8.05. The number of halogens is 6. The van der Waals surface area contributed by atoms with Crippen LogP contribution in [0.15, 0.2) is 71.7 Å². The molecule has 1 amide bonds. The Bertz CT molecular complexity index is 2290. The van der Waals surface area contributed by atoms with E-state index in [2.05, 4.69) is 25.5 Å². The van der Waals surface area contributed by atoms with Crippen molar-refractivity contribution in [3.8, 4) is 32.8 Å². The second-order valence-corrected chi connectivity index (χ2v) is 13.0. The number of benzene rings is 2. The highest BCUT2D eigenvalue weighted by atomic mass is 32.1. The number of Topliss-reactive ketones (excluding diaryl/α,β-unsaturated/α-hetero) is 1. The molecule has 0 unspecified atom stereocenters. The van der Waals surface area contributed by atoms with Gasteiger partial charge in [0.1, 0.15) is 11.3 Å². The molecule has 0 radical (unpaired) electrons. The Labute approximate surface area is 304 Å². The molecule has 0 aliphatic heterocycles.